The molecule has 0 radical (unpaired) electrons. The van der Waals surface area contributed by atoms with Crippen molar-refractivity contribution < 1.29 is 26.3 Å². The van der Waals surface area contributed by atoms with Gasteiger partial charge in [0.1, 0.15) is 0 Å². The first-order chi connectivity index (χ1) is 14.4. The molecule has 31 heavy (non-hydrogen) atoms. The number of anilines is 2. The zero-order chi connectivity index (χ0) is 22.8. The normalized spacial score (nSPS) is 15.1. The van der Waals surface area contributed by atoms with E-state index in [9.17, 15) is 26.3 Å². The van der Waals surface area contributed by atoms with Crippen LogP contribution in [0.2, 0.25) is 0 Å². The second-order valence-corrected chi connectivity index (χ2v) is 7.99. The summed E-state index contributed by atoms with van der Waals surface area (Å²) in [5.74, 6) is 0.804. The summed E-state index contributed by atoms with van der Waals surface area (Å²) >= 11 is 6.82. The molecule has 166 valence electrons. The van der Waals surface area contributed by atoms with E-state index in [-0.39, 0.29) is 16.7 Å². The Morgan fingerprint density at radius 3 is 2.26 bits per heavy atom. The first-order valence-corrected chi connectivity index (χ1v) is 10.4. The lowest BCUT2D eigenvalue weighted by Crippen LogP contribution is -2.32. The Balaban J connectivity index is 1.71. The van der Waals surface area contributed by atoms with Crippen molar-refractivity contribution in [3.8, 4) is 0 Å². The van der Waals surface area contributed by atoms with Gasteiger partial charge in [-0.25, -0.2) is 0 Å². The minimum Gasteiger partial charge on any atom is -0.356 e. The molecule has 1 aliphatic heterocycles. The van der Waals surface area contributed by atoms with Crippen molar-refractivity contribution >= 4 is 40.5 Å². The van der Waals surface area contributed by atoms with Crippen LogP contribution in [-0.2, 0) is 12.4 Å². The van der Waals surface area contributed by atoms with Gasteiger partial charge in [-0.3, -0.25) is 0 Å². The molecule has 3 rings (SSSR count). The van der Waals surface area contributed by atoms with Gasteiger partial charge in [0.25, 0.3) is 0 Å². The van der Waals surface area contributed by atoms with E-state index in [1.165, 1.54) is 6.92 Å². The Bertz CT molecular complexity index is 970. The quantitative estimate of drug-likeness (QED) is 0.375. The Hall–Kier alpha value is -2.40. The van der Waals surface area contributed by atoms with Gasteiger partial charge in [-0.15, -0.1) is 11.8 Å². The highest BCUT2D eigenvalue weighted by molar-refractivity contribution is 8.02. The number of alkyl halides is 6. The highest BCUT2D eigenvalue weighted by Gasteiger charge is 2.39. The molecule has 2 N–H and O–H groups in total. The van der Waals surface area contributed by atoms with E-state index in [1.807, 2.05) is 28.6 Å². The van der Waals surface area contributed by atoms with Crippen molar-refractivity contribution in [2.45, 2.75) is 25.3 Å². The molecule has 0 spiro atoms. The largest absolute Gasteiger partial charge is 0.416 e. The topological polar surface area (TPSA) is 27.3 Å². The third-order valence-corrected chi connectivity index (χ3v) is 5.47. The smallest absolute Gasteiger partial charge is 0.356 e. The summed E-state index contributed by atoms with van der Waals surface area (Å²) in [6, 6.07) is 7.85. The van der Waals surface area contributed by atoms with Crippen molar-refractivity contribution in [2.24, 2.45) is 0 Å². The molecule has 1 aliphatic rings. The van der Waals surface area contributed by atoms with E-state index in [0.717, 1.165) is 17.6 Å². The molecule has 1 unspecified atom stereocenters. The fourth-order valence-corrected chi connectivity index (χ4v) is 3.99. The zero-order valence-corrected chi connectivity index (χ0v) is 17.6. The number of rotatable bonds is 4. The van der Waals surface area contributed by atoms with Crippen molar-refractivity contribution in [3.63, 3.8) is 0 Å². The van der Waals surface area contributed by atoms with Gasteiger partial charge in [0.05, 0.1) is 23.0 Å². The minimum absolute atomic E-state index is 0.0462. The number of thiocarbonyl (C=S) groups is 1. The molecule has 3 nitrogen and oxygen atoms in total. The number of nitrogens with zero attached hydrogens (tertiary/aromatic N) is 1. The van der Waals surface area contributed by atoms with E-state index in [0.29, 0.717) is 11.8 Å². The number of halogens is 6. The van der Waals surface area contributed by atoms with Gasteiger partial charge in [-0.1, -0.05) is 6.07 Å². The third kappa shape index (κ3) is 5.85. The monoisotopic (exact) mass is 477 g/mol. The number of thioether (sulfide) groups is 1. The van der Waals surface area contributed by atoms with Crippen LogP contribution >= 0.6 is 24.0 Å². The van der Waals surface area contributed by atoms with E-state index >= 15 is 0 Å². The molecule has 11 heteroatoms. The van der Waals surface area contributed by atoms with Gasteiger partial charge in [-0.05, 0) is 66.5 Å². The Morgan fingerprint density at radius 2 is 1.71 bits per heavy atom. The second kappa shape index (κ2) is 8.99. The lowest BCUT2D eigenvalue weighted by atomic mass is 9.98. The van der Waals surface area contributed by atoms with Crippen LogP contribution < -0.4 is 15.5 Å². The molecule has 2 aromatic carbocycles. The van der Waals surface area contributed by atoms with Crippen molar-refractivity contribution in [1.29, 1.82) is 0 Å². The Kier molecular flexibility index (Phi) is 6.75. The number of hydrogen-bond acceptors (Lipinski definition) is 3. The standard InChI is InChI=1S/C20H17F6N3S2/c1-12(16-7-2-13(19(21,22)23)10-17(16)20(24,25)26)27-18(30)28-14-3-5-15(6-4-14)29-8-9-31-11-29/h2-10,12H,11H2,1H3,(H2,27,28,30). The fourth-order valence-electron chi connectivity index (χ4n) is 2.98. The molecule has 0 amide bonds. The van der Waals surface area contributed by atoms with Crippen LogP contribution in [0.25, 0.3) is 0 Å². The van der Waals surface area contributed by atoms with Gasteiger partial charge in [0.15, 0.2) is 5.11 Å². The molecular weight excluding hydrogens is 460 g/mol. The molecular formula is C20H17F6N3S2. The van der Waals surface area contributed by atoms with Crippen molar-refractivity contribution in [1.82, 2.24) is 5.32 Å². The maximum absolute atomic E-state index is 13.4. The maximum atomic E-state index is 13.4. The highest BCUT2D eigenvalue weighted by atomic mass is 32.2. The SMILES string of the molecule is CC(NC(=S)Nc1ccc(N2C=CSC2)cc1)c1ccc(C(F)(F)F)cc1C(F)(F)F. The van der Waals surface area contributed by atoms with Crippen LogP contribution in [0.1, 0.15) is 29.7 Å². The highest BCUT2D eigenvalue weighted by Crippen LogP contribution is 2.39. The maximum Gasteiger partial charge on any atom is 0.416 e. The summed E-state index contributed by atoms with van der Waals surface area (Å²) in [7, 11) is 0. The molecule has 0 aromatic heterocycles. The van der Waals surface area contributed by atoms with Gasteiger partial charge >= 0.3 is 12.4 Å². The molecule has 1 atom stereocenters. The summed E-state index contributed by atoms with van der Waals surface area (Å²) in [4.78, 5) is 2.04. The van der Waals surface area contributed by atoms with E-state index in [1.54, 1.807) is 23.9 Å². The van der Waals surface area contributed by atoms with Crippen LogP contribution in [0, 0.1) is 0 Å². The van der Waals surface area contributed by atoms with Crippen LogP contribution in [0.5, 0.6) is 0 Å². The number of hydrogen-bond donors (Lipinski definition) is 2. The average molecular weight is 477 g/mol. The second-order valence-electron chi connectivity index (χ2n) is 6.72. The molecule has 2 aromatic rings. The summed E-state index contributed by atoms with van der Waals surface area (Å²) in [6.07, 6.45) is -7.87. The first-order valence-electron chi connectivity index (χ1n) is 8.96. The van der Waals surface area contributed by atoms with E-state index < -0.39 is 29.5 Å². The summed E-state index contributed by atoms with van der Waals surface area (Å²) in [6.45, 7) is 1.40. The van der Waals surface area contributed by atoms with Gasteiger partial charge in [-0.2, -0.15) is 26.3 Å². The van der Waals surface area contributed by atoms with Crippen LogP contribution in [0.3, 0.4) is 0 Å². The molecule has 1 heterocycles. The van der Waals surface area contributed by atoms with E-state index in [2.05, 4.69) is 10.6 Å². The summed E-state index contributed by atoms with van der Waals surface area (Å²) < 4.78 is 78.7. The van der Waals surface area contributed by atoms with Gasteiger partial charge in [0.2, 0.25) is 0 Å². The molecule has 0 bridgehead atoms. The number of benzene rings is 2. The van der Waals surface area contributed by atoms with Crippen molar-refractivity contribution in [3.05, 3.63) is 70.8 Å². The molecule has 0 saturated heterocycles. The predicted octanol–water partition coefficient (Wildman–Crippen LogP) is 6.75. The lowest BCUT2D eigenvalue weighted by Gasteiger charge is -2.22. The molecule has 0 saturated carbocycles. The lowest BCUT2D eigenvalue weighted by molar-refractivity contribution is -0.143. The Labute approximate surface area is 184 Å². The van der Waals surface area contributed by atoms with Crippen LogP contribution in [0.15, 0.2) is 54.1 Å². The molecule has 0 aliphatic carbocycles. The minimum atomic E-state index is -4.94. The van der Waals surface area contributed by atoms with Gasteiger partial charge in [0, 0.05) is 17.6 Å². The van der Waals surface area contributed by atoms with Crippen LogP contribution in [0.4, 0.5) is 37.7 Å². The van der Waals surface area contributed by atoms with Crippen LogP contribution in [-0.4, -0.2) is 11.0 Å². The number of nitrogens with one attached hydrogen (secondary N) is 2. The van der Waals surface area contributed by atoms with Gasteiger partial charge < -0.3 is 15.5 Å². The zero-order valence-electron chi connectivity index (χ0n) is 16.0. The van der Waals surface area contributed by atoms with Crippen molar-refractivity contribution in [2.75, 3.05) is 16.1 Å². The molecule has 0 fully saturated rings. The van der Waals surface area contributed by atoms with E-state index in [4.69, 9.17) is 12.2 Å². The fraction of sp³-hybridized carbons (Fsp3) is 0.250. The summed E-state index contributed by atoms with van der Waals surface area (Å²) in [5, 5.41) is 7.59. The third-order valence-electron chi connectivity index (χ3n) is 4.51. The predicted molar refractivity (Wildman–Crippen MR) is 115 cm³/mol. The summed E-state index contributed by atoms with van der Waals surface area (Å²) in [5.41, 5.74) is -1.46. The Morgan fingerprint density at radius 1 is 1.03 bits per heavy atom. The first kappa shape index (κ1) is 23.3. The average Bonchev–Trinajstić information content (AvgIpc) is 3.21.